The number of halogens is 4. The normalized spacial score (nSPS) is 17.6. The van der Waals surface area contributed by atoms with Crippen molar-refractivity contribution in [3.05, 3.63) is 35.1 Å². The fourth-order valence-electron chi connectivity index (χ4n) is 3.42. The summed E-state index contributed by atoms with van der Waals surface area (Å²) in [5, 5.41) is 6.84. The molecule has 30 heavy (non-hydrogen) atoms. The van der Waals surface area contributed by atoms with E-state index in [9.17, 15) is 17.6 Å². The predicted octanol–water partition coefficient (Wildman–Crippen LogP) is 5.57. The van der Waals surface area contributed by atoms with Crippen LogP contribution in [0, 0.1) is 17.7 Å². The van der Waals surface area contributed by atoms with Crippen molar-refractivity contribution >= 4 is 18.7 Å². The van der Waals surface area contributed by atoms with Gasteiger partial charge in [0.1, 0.15) is 5.82 Å². The van der Waals surface area contributed by atoms with Gasteiger partial charge in [-0.25, -0.2) is 4.39 Å². The summed E-state index contributed by atoms with van der Waals surface area (Å²) in [7, 11) is -0.158. The van der Waals surface area contributed by atoms with Gasteiger partial charge >= 0.3 is 6.18 Å². The van der Waals surface area contributed by atoms with Gasteiger partial charge in [-0.15, -0.1) is 11.4 Å². The minimum absolute atomic E-state index is 0.158. The van der Waals surface area contributed by atoms with Gasteiger partial charge in [0.25, 0.3) is 0 Å². The first-order valence-corrected chi connectivity index (χ1v) is 13.9. The Bertz CT molecular complexity index is 637. The Labute approximate surface area is 183 Å². The van der Waals surface area contributed by atoms with Crippen molar-refractivity contribution in [2.24, 2.45) is 11.8 Å². The summed E-state index contributed by atoms with van der Waals surface area (Å²) < 4.78 is 51.9. The molecule has 0 spiro atoms. The van der Waals surface area contributed by atoms with Crippen molar-refractivity contribution in [3.8, 4) is 0 Å². The van der Waals surface area contributed by atoms with Crippen LogP contribution in [0.1, 0.15) is 37.8 Å². The lowest BCUT2D eigenvalue weighted by atomic mass is 9.96. The number of rotatable bonds is 11. The standard InChI is InChI=1S/C21H34F4N3PS/c1-16(2)15-30-29(3)27-6-9-28-7-4-17(5-8-28)13-26-14-18-10-19(21(23,24)25)12-20(22)11-18/h10-12,16-17,26-27H,4-9,13-15H2,1-3H3. The highest BCUT2D eigenvalue weighted by Gasteiger charge is 2.31. The first-order chi connectivity index (χ1) is 14.1. The van der Waals surface area contributed by atoms with Crippen LogP contribution < -0.4 is 10.4 Å². The van der Waals surface area contributed by atoms with Gasteiger partial charge in [0.05, 0.1) is 5.56 Å². The maximum absolute atomic E-state index is 13.5. The highest BCUT2D eigenvalue weighted by Crippen LogP contribution is 2.42. The van der Waals surface area contributed by atoms with Crippen molar-refractivity contribution in [1.29, 1.82) is 0 Å². The molecule has 0 bridgehead atoms. The third kappa shape index (κ3) is 9.82. The molecule has 1 saturated heterocycles. The van der Waals surface area contributed by atoms with E-state index in [1.807, 2.05) is 11.4 Å². The largest absolute Gasteiger partial charge is 0.416 e. The molecule has 0 radical (unpaired) electrons. The molecular formula is C21H34F4N3PS. The maximum Gasteiger partial charge on any atom is 0.416 e. The van der Waals surface area contributed by atoms with Crippen LogP contribution in [0.25, 0.3) is 0 Å². The summed E-state index contributed by atoms with van der Waals surface area (Å²) in [6, 6.07) is 2.73. The molecule has 1 heterocycles. The molecule has 1 atom stereocenters. The SMILES string of the molecule is CC(C)CSP(C)NCCN1CCC(CNCc2cc(F)cc(C(F)(F)F)c2)CC1. The first-order valence-electron chi connectivity index (χ1n) is 10.5. The smallest absolute Gasteiger partial charge is 0.312 e. The summed E-state index contributed by atoms with van der Waals surface area (Å²) in [4.78, 5) is 2.47. The molecule has 1 aliphatic rings. The first kappa shape index (κ1) is 25.9. The summed E-state index contributed by atoms with van der Waals surface area (Å²) in [5.74, 6) is 1.58. The molecule has 172 valence electrons. The Hall–Kier alpha value is -0.400. The van der Waals surface area contributed by atoms with E-state index >= 15 is 0 Å². The molecular weight excluding hydrogens is 433 g/mol. The minimum Gasteiger partial charge on any atom is -0.312 e. The second kappa shape index (κ2) is 12.6. The van der Waals surface area contributed by atoms with Crippen LogP contribution in [0.2, 0.25) is 0 Å². The zero-order chi connectivity index (χ0) is 22.1. The molecule has 0 aliphatic carbocycles. The average Bonchev–Trinajstić information content (AvgIpc) is 2.66. The molecule has 2 rings (SSSR count). The number of likely N-dealkylation sites (tertiary alicyclic amines) is 1. The third-order valence-electron chi connectivity index (χ3n) is 5.12. The highest BCUT2D eigenvalue weighted by molar-refractivity contribution is 8.54. The van der Waals surface area contributed by atoms with E-state index in [2.05, 4.69) is 35.8 Å². The van der Waals surface area contributed by atoms with E-state index in [-0.39, 0.29) is 13.8 Å². The quantitative estimate of drug-likeness (QED) is 0.329. The number of piperidine rings is 1. The molecule has 0 amide bonds. The lowest BCUT2D eigenvalue weighted by Gasteiger charge is -2.32. The van der Waals surface area contributed by atoms with Gasteiger partial charge < -0.3 is 10.2 Å². The number of hydrogen-bond acceptors (Lipinski definition) is 4. The van der Waals surface area contributed by atoms with E-state index in [0.717, 1.165) is 57.5 Å². The van der Waals surface area contributed by atoms with Crippen molar-refractivity contribution in [2.75, 3.05) is 45.1 Å². The van der Waals surface area contributed by atoms with Crippen molar-refractivity contribution in [1.82, 2.24) is 15.3 Å². The number of nitrogens with one attached hydrogen (secondary N) is 2. The maximum atomic E-state index is 13.5. The summed E-state index contributed by atoms with van der Waals surface area (Å²) >= 11 is 2.02. The van der Waals surface area contributed by atoms with E-state index in [1.165, 1.54) is 11.8 Å². The van der Waals surface area contributed by atoms with Crippen LogP contribution in [0.4, 0.5) is 17.6 Å². The zero-order valence-corrected chi connectivity index (χ0v) is 19.8. The van der Waals surface area contributed by atoms with Gasteiger partial charge in [-0.3, -0.25) is 5.09 Å². The number of hydrogen-bond donors (Lipinski definition) is 2. The third-order valence-corrected chi connectivity index (χ3v) is 8.99. The van der Waals surface area contributed by atoms with Crippen molar-refractivity contribution in [2.45, 2.75) is 39.4 Å². The van der Waals surface area contributed by atoms with Gasteiger partial charge in [0, 0.05) is 32.7 Å². The van der Waals surface area contributed by atoms with Gasteiger partial charge in [0.15, 0.2) is 0 Å². The summed E-state index contributed by atoms with van der Waals surface area (Å²) in [6.45, 7) is 11.9. The second-order valence-corrected chi connectivity index (χ2v) is 12.7. The monoisotopic (exact) mass is 467 g/mol. The fraction of sp³-hybridized carbons (Fsp3) is 0.714. The number of nitrogens with zero attached hydrogens (tertiary/aromatic N) is 1. The van der Waals surface area contributed by atoms with E-state index < -0.39 is 17.6 Å². The minimum atomic E-state index is -4.52. The van der Waals surface area contributed by atoms with Gasteiger partial charge in [-0.1, -0.05) is 13.8 Å². The lowest BCUT2D eigenvalue weighted by molar-refractivity contribution is -0.137. The molecule has 0 saturated carbocycles. The average molecular weight is 468 g/mol. The van der Waals surface area contributed by atoms with Crippen molar-refractivity contribution < 1.29 is 17.6 Å². The summed E-state index contributed by atoms with van der Waals surface area (Å²) in [6.07, 6.45) is -2.37. The molecule has 1 aromatic rings. The Balaban J connectivity index is 1.62. The second-order valence-electron chi connectivity index (χ2n) is 8.36. The van der Waals surface area contributed by atoms with Crippen LogP contribution in [-0.2, 0) is 12.7 Å². The molecule has 9 heteroatoms. The molecule has 1 fully saturated rings. The topological polar surface area (TPSA) is 27.3 Å². The van der Waals surface area contributed by atoms with Gasteiger partial charge in [0.2, 0.25) is 0 Å². The van der Waals surface area contributed by atoms with E-state index in [0.29, 0.717) is 17.5 Å². The lowest BCUT2D eigenvalue weighted by Crippen LogP contribution is -2.39. The van der Waals surface area contributed by atoms with Crippen LogP contribution in [-0.4, -0.2) is 50.0 Å². The molecule has 2 N–H and O–H groups in total. The van der Waals surface area contributed by atoms with Crippen LogP contribution >= 0.6 is 18.7 Å². The molecule has 1 unspecified atom stereocenters. The molecule has 1 aliphatic heterocycles. The number of alkyl halides is 3. The number of benzene rings is 1. The van der Waals surface area contributed by atoms with Crippen LogP contribution in [0.3, 0.4) is 0 Å². The highest BCUT2D eigenvalue weighted by atomic mass is 32.7. The molecule has 3 nitrogen and oxygen atoms in total. The fourth-order valence-corrected chi connectivity index (χ4v) is 6.56. The molecule has 0 aromatic heterocycles. The van der Waals surface area contributed by atoms with Crippen molar-refractivity contribution in [3.63, 3.8) is 0 Å². The van der Waals surface area contributed by atoms with E-state index in [4.69, 9.17) is 0 Å². The molecule has 1 aromatic carbocycles. The summed E-state index contributed by atoms with van der Waals surface area (Å²) in [5.41, 5.74) is -0.600. The Kier molecular flexibility index (Phi) is 10.9. The van der Waals surface area contributed by atoms with E-state index in [1.54, 1.807) is 0 Å². The van der Waals surface area contributed by atoms with Crippen LogP contribution in [0.5, 0.6) is 0 Å². The zero-order valence-electron chi connectivity index (χ0n) is 18.1. The van der Waals surface area contributed by atoms with Gasteiger partial charge in [-0.05, 0) is 74.7 Å². The predicted molar refractivity (Wildman–Crippen MR) is 120 cm³/mol. The van der Waals surface area contributed by atoms with Crippen LogP contribution in [0.15, 0.2) is 18.2 Å². The Morgan fingerprint density at radius 1 is 1.20 bits per heavy atom. The Morgan fingerprint density at radius 2 is 1.90 bits per heavy atom. The Morgan fingerprint density at radius 3 is 2.53 bits per heavy atom. The van der Waals surface area contributed by atoms with Gasteiger partial charge in [-0.2, -0.15) is 13.2 Å².